The number of rotatable bonds is 4. The van der Waals surface area contributed by atoms with Gasteiger partial charge in [0.2, 0.25) is 11.8 Å². The Balaban J connectivity index is 1.46. The summed E-state index contributed by atoms with van der Waals surface area (Å²) in [4.78, 5) is 27.9. The molecule has 2 aliphatic rings. The van der Waals surface area contributed by atoms with E-state index >= 15 is 0 Å². The molecule has 26 heavy (non-hydrogen) atoms. The van der Waals surface area contributed by atoms with E-state index in [-0.39, 0.29) is 17.7 Å². The van der Waals surface area contributed by atoms with Gasteiger partial charge in [0, 0.05) is 19.0 Å². The van der Waals surface area contributed by atoms with Gasteiger partial charge in [-0.25, -0.2) is 0 Å². The number of hydrogen-bond donors (Lipinski definition) is 1. The van der Waals surface area contributed by atoms with Crippen LogP contribution in [0.3, 0.4) is 0 Å². The zero-order valence-electron chi connectivity index (χ0n) is 15.1. The predicted molar refractivity (Wildman–Crippen MR) is 98.1 cm³/mol. The van der Waals surface area contributed by atoms with E-state index in [0.717, 1.165) is 51.9 Å². The van der Waals surface area contributed by atoms with Gasteiger partial charge in [0.05, 0.1) is 18.2 Å². The van der Waals surface area contributed by atoms with Crippen LogP contribution in [-0.2, 0) is 9.59 Å². The predicted octanol–water partition coefficient (Wildman–Crippen LogP) is 1.46. The molecular formula is C20H26N4O2. The maximum atomic E-state index is 12.6. The summed E-state index contributed by atoms with van der Waals surface area (Å²) < 4.78 is 0. The maximum Gasteiger partial charge on any atom is 0.236 e. The van der Waals surface area contributed by atoms with Crippen LogP contribution in [0.25, 0.3) is 0 Å². The highest BCUT2D eigenvalue weighted by Gasteiger charge is 2.28. The number of nitrogens with zero attached hydrogens (tertiary/aromatic N) is 3. The number of carbonyl (C=O) groups is 2. The minimum atomic E-state index is -0.224. The summed E-state index contributed by atoms with van der Waals surface area (Å²) in [6, 6.07) is 9.98. The van der Waals surface area contributed by atoms with Crippen molar-refractivity contribution in [3.8, 4) is 6.07 Å². The summed E-state index contributed by atoms with van der Waals surface area (Å²) in [5.74, 6) is 0.324. The largest absolute Gasteiger partial charge is 0.369 e. The first kappa shape index (κ1) is 18.4. The first-order chi connectivity index (χ1) is 12.6. The van der Waals surface area contributed by atoms with Crippen molar-refractivity contribution in [2.24, 2.45) is 11.7 Å². The van der Waals surface area contributed by atoms with E-state index in [9.17, 15) is 9.59 Å². The zero-order valence-corrected chi connectivity index (χ0v) is 15.1. The zero-order chi connectivity index (χ0) is 18.5. The summed E-state index contributed by atoms with van der Waals surface area (Å²) in [6.07, 6.45) is 3.37. The van der Waals surface area contributed by atoms with Crippen LogP contribution in [0.4, 0.5) is 0 Å². The Kier molecular flexibility index (Phi) is 5.89. The maximum absolute atomic E-state index is 12.6. The van der Waals surface area contributed by atoms with Gasteiger partial charge in [0.25, 0.3) is 0 Å². The Hall–Kier alpha value is -2.39. The first-order valence-electron chi connectivity index (χ1n) is 9.36. The normalized spacial score (nSPS) is 19.9. The molecule has 1 aromatic rings. The van der Waals surface area contributed by atoms with Crippen LogP contribution < -0.4 is 5.73 Å². The number of carbonyl (C=O) groups excluding carboxylic acids is 2. The van der Waals surface area contributed by atoms with Gasteiger partial charge in [-0.2, -0.15) is 5.26 Å². The van der Waals surface area contributed by atoms with Crippen LogP contribution in [0.2, 0.25) is 0 Å². The summed E-state index contributed by atoms with van der Waals surface area (Å²) in [7, 11) is 0. The number of piperidine rings is 2. The van der Waals surface area contributed by atoms with Crippen molar-refractivity contribution < 1.29 is 9.59 Å². The highest BCUT2D eigenvalue weighted by Crippen LogP contribution is 2.28. The molecular weight excluding hydrogens is 328 g/mol. The standard InChI is InChI=1S/C20H26N4O2/c21-13-15-2-1-3-18(12-15)16-6-10-24(11-7-16)19(25)14-23-8-4-17(5-9-23)20(22)26/h1-3,12,16-17H,4-11,14H2,(H2,22,26). The molecule has 6 nitrogen and oxygen atoms in total. The molecule has 0 aromatic heterocycles. The van der Waals surface area contributed by atoms with Crippen LogP contribution in [0.5, 0.6) is 0 Å². The number of nitrogens with two attached hydrogens (primary N) is 1. The fraction of sp³-hybridized carbons (Fsp3) is 0.550. The number of likely N-dealkylation sites (tertiary alicyclic amines) is 2. The van der Waals surface area contributed by atoms with E-state index < -0.39 is 0 Å². The number of amides is 2. The lowest BCUT2D eigenvalue weighted by atomic mass is 9.88. The molecule has 2 saturated heterocycles. The van der Waals surface area contributed by atoms with Crippen molar-refractivity contribution in [2.75, 3.05) is 32.7 Å². The molecule has 1 aromatic carbocycles. The second kappa shape index (κ2) is 8.33. The van der Waals surface area contributed by atoms with Crippen LogP contribution in [0, 0.1) is 17.2 Å². The molecule has 0 radical (unpaired) electrons. The molecule has 0 aliphatic carbocycles. The first-order valence-corrected chi connectivity index (χ1v) is 9.36. The second-order valence-corrected chi connectivity index (χ2v) is 7.35. The monoisotopic (exact) mass is 354 g/mol. The Morgan fingerprint density at radius 2 is 1.81 bits per heavy atom. The Bertz CT molecular complexity index is 696. The average Bonchev–Trinajstić information content (AvgIpc) is 2.68. The van der Waals surface area contributed by atoms with E-state index in [1.165, 1.54) is 5.56 Å². The van der Waals surface area contributed by atoms with Gasteiger partial charge in [0.1, 0.15) is 0 Å². The van der Waals surface area contributed by atoms with Gasteiger partial charge < -0.3 is 10.6 Å². The topological polar surface area (TPSA) is 90.4 Å². The molecule has 2 fully saturated rings. The molecule has 2 heterocycles. The lowest BCUT2D eigenvalue weighted by Gasteiger charge is -2.35. The lowest BCUT2D eigenvalue weighted by Crippen LogP contribution is -2.46. The Labute approximate surface area is 154 Å². The molecule has 0 atom stereocenters. The molecule has 6 heteroatoms. The molecule has 0 spiro atoms. The van der Waals surface area contributed by atoms with Crippen molar-refractivity contribution in [1.29, 1.82) is 5.26 Å². The fourth-order valence-electron chi connectivity index (χ4n) is 3.99. The molecule has 2 N–H and O–H groups in total. The molecule has 2 aliphatic heterocycles. The molecule has 2 amide bonds. The van der Waals surface area contributed by atoms with Crippen molar-refractivity contribution in [3.63, 3.8) is 0 Å². The van der Waals surface area contributed by atoms with Gasteiger partial charge in [-0.3, -0.25) is 14.5 Å². The minimum absolute atomic E-state index is 0.0405. The Morgan fingerprint density at radius 1 is 1.12 bits per heavy atom. The molecule has 3 rings (SSSR count). The summed E-state index contributed by atoms with van der Waals surface area (Å²) >= 11 is 0. The third-order valence-electron chi connectivity index (χ3n) is 5.68. The van der Waals surface area contributed by atoms with Gasteiger partial charge in [-0.05, 0) is 62.4 Å². The summed E-state index contributed by atoms with van der Waals surface area (Å²) in [5.41, 5.74) is 7.25. The summed E-state index contributed by atoms with van der Waals surface area (Å²) in [5, 5.41) is 9.04. The average molecular weight is 354 g/mol. The van der Waals surface area contributed by atoms with E-state index in [1.54, 1.807) is 0 Å². The van der Waals surface area contributed by atoms with E-state index in [0.29, 0.717) is 18.0 Å². The van der Waals surface area contributed by atoms with Crippen molar-refractivity contribution >= 4 is 11.8 Å². The Morgan fingerprint density at radius 3 is 2.42 bits per heavy atom. The van der Waals surface area contributed by atoms with E-state index in [2.05, 4.69) is 17.0 Å². The van der Waals surface area contributed by atoms with Gasteiger partial charge in [-0.15, -0.1) is 0 Å². The van der Waals surface area contributed by atoms with Crippen molar-refractivity contribution in [1.82, 2.24) is 9.80 Å². The van der Waals surface area contributed by atoms with Gasteiger partial charge in [-0.1, -0.05) is 12.1 Å². The second-order valence-electron chi connectivity index (χ2n) is 7.35. The van der Waals surface area contributed by atoms with Crippen LogP contribution in [-0.4, -0.2) is 54.3 Å². The van der Waals surface area contributed by atoms with Gasteiger partial charge in [0.15, 0.2) is 0 Å². The molecule has 0 unspecified atom stereocenters. The SMILES string of the molecule is N#Cc1cccc(C2CCN(C(=O)CN3CCC(C(N)=O)CC3)CC2)c1. The number of hydrogen-bond acceptors (Lipinski definition) is 4. The number of nitriles is 1. The van der Waals surface area contributed by atoms with Gasteiger partial charge >= 0.3 is 0 Å². The van der Waals surface area contributed by atoms with E-state index in [1.807, 2.05) is 23.1 Å². The molecule has 0 saturated carbocycles. The fourth-order valence-corrected chi connectivity index (χ4v) is 3.99. The quantitative estimate of drug-likeness (QED) is 0.886. The number of benzene rings is 1. The third-order valence-corrected chi connectivity index (χ3v) is 5.68. The highest BCUT2D eigenvalue weighted by molar-refractivity contribution is 5.79. The summed E-state index contributed by atoms with van der Waals surface area (Å²) in [6.45, 7) is 3.48. The minimum Gasteiger partial charge on any atom is -0.369 e. The highest BCUT2D eigenvalue weighted by atomic mass is 16.2. The van der Waals surface area contributed by atoms with Crippen LogP contribution in [0.15, 0.2) is 24.3 Å². The van der Waals surface area contributed by atoms with E-state index in [4.69, 9.17) is 11.0 Å². The van der Waals surface area contributed by atoms with Crippen molar-refractivity contribution in [3.05, 3.63) is 35.4 Å². The smallest absolute Gasteiger partial charge is 0.236 e. The molecule has 0 bridgehead atoms. The third kappa shape index (κ3) is 4.41. The van der Waals surface area contributed by atoms with Crippen LogP contribution >= 0.6 is 0 Å². The lowest BCUT2D eigenvalue weighted by molar-refractivity contribution is -0.134. The molecule has 138 valence electrons. The van der Waals surface area contributed by atoms with Crippen molar-refractivity contribution in [2.45, 2.75) is 31.6 Å². The number of primary amides is 1. The van der Waals surface area contributed by atoms with Crippen LogP contribution in [0.1, 0.15) is 42.7 Å².